The van der Waals surface area contributed by atoms with E-state index in [2.05, 4.69) is 10.6 Å². The molecular weight excluding hydrogens is 204 g/mol. The van der Waals surface area contributed by atoms with Crippen molar-refractivity contribution in [2.24, 2.45) is 5.92 Å². The number of amides is 1. The maximum atomic E-state index is 11.6. The average Bonchev–Trinajstić information content (AvgIpc) is 2.75. The topological polar surface area (TPSA) is 61.4 Å². The largest absolute Gasteiger partial charge is 0.394 e. The highest BCUT2D eigenvalue weighted by molar-refractivity contribution is 5.78. The van der Waals surface area contributed by atoms with E-state index in [0.717, 1.165) is 0 Å². The van der Waals surface area contributed by atoms with Gasteiger partial charge in [0, 0.05) is 6.04 Å². The quantitative estimate of drug-likeness (QED) is 0.625. The zero-order valence-electron chi connectivity index (χ0n) is 10.3. The van der Waals surface area contributed by atoms with Gasteiger partial charge in [-0.1, -0.05) is 26.7 Å². The lowest BCUT2D eigenvalue weighted by molar-refractivity contribution is -0.121. The average molecular weight is 228 g/mol. The molecule has 4 nitrogen and oxygen atoms in total. The molecule has 94 valence electrons. The summed E-state index contributed by atoms with van der Waals surface area (Å²) < 4.78 is 0. The SMILES string of the molecule is CC(C)[C@@H](CO)NC(=O)CNC1CCCC1. The summed E-state index contributed by atoms with van der Waals surface area (Å²) in [4.78, 5) is 11.6. The number of nitrogens with one attached hydrogen (secondary N) is 2. The molecule has 1 amide bonds. The first-order valence-electron chi connectivity index (χ1n) is 6.27. The predicted octanol–water partition coefficient (Wildman–Crippen LogP) is 0.652. The minimum atomic E-state index is -0.127. The minimum absolute atomic E-state index is 0.00678. The number of carbonyl (C=O) groups excluding carboxylic acids is 1. The molecule has 1 rings (SSSR count). The summed E-state index contributed by atoms with van der Waals surface area (Å²) in [5.74, 6) is 0.250. The van der Waals surface area contributed by atoms with E-state index in [1.165, 1.54) is 25.7 Å². The Hall–Kier alpha value is -0.610. The van der Waals surface area contributed by atoms with Crippen LogP contribution >= 0.6 is 0 Å². The number of aliphatic hydroxyl groups is 1. The van der Waals surface area contributed by atoms with Gasteiger partial charge in [-0.3, -0.25) is 4.79 Å². The number of rotatable bonds is 6. The predicted molar refractivity (Wildman–Crippen MR) is 64.1 cm³/mol. The first kappa shape index (κ1) is 13.5. The third-order valence-electron chi connectivity index (χ3n) is 3.25. The Balaban J connectivity index is 2.18. The second-order valence-electron chi connectivity index (χ2n) is 4.96. The van der Waals surface area contributed by atoms with Crippen molar-refractivity contribution in [3.63, 3.8) is 0 Å². The van der Waals surface area contributed by atoms with Crippen LogP contribution in [0.25, 0.3) is 0 Å². The molecule has 0 spiro atoms. The van der Waals surface area contributed by atoms with Crippen LogP contribution < -0.4 is 10.6 Å². The third-order valence-corrected chi connectivity index (χ3v) is 3.25. The molecule has 0 saturated heterocycles. The number of hydrogen-bond donors (Lipinski definition) is 3. The fourth-order valence-electron chi connectivity index (χ4n) is 2.05. The fraction of sp³-hybridized carbons (Fsp3) is 0.917. The fourth-order valence-corrected chi connectivity index (χ4v) is 2.05. The molecule has 0 aromatic heterocycles. The summed E-state index contributed by atoms with van der Waals surface area (Å²) in [6, 6.07) is 0.384. The van der Waals surface area contributed by atoms with Gasteiger partial charge in [0.1, 0.15) is 0 Å². The summed E-state index contributed by atoms with van der Waals surface area (Å²) >= 11 is 0. The Kier molecular flexibility index (Phi) is 5.77. The van der Waals surface area contributed by atoms with Crippen molar-refractivity contribution in [2.45, 2.75) is 51.6 Å². The van der Waals surface area contributed by atoms with Crippen molar-refractivity contribution in [1.29, 1.82) is 0 Å². The van der Waals surface area contributed by atoms with Crippen molar-refractivity contribution in [1.82, 2.24) is 10.6 Å². The Morgan fingerprint density at radius 1 is 1.38 bits per heavy atom. The van der Waals surface area contributed by atoms with Gasteiger partial charge in [-0.05, 0) is 18.8 Å². The van der Waals surface area contributed by atoms with Crippen LogP contribution in [0.1, 0.15) is 39.5 Å². The van der Waals surface area contributed by atoms with E-state index >= 15 is 0 Å². The van der Waals surface area contributed by atoms with Crippen molar-refractivity contribution >= 4 is 5.91 Å². The standard InChI is InChI=1S/C12H24N2O2/c1-9(2)11(8-15)14-12(16)7-13-10-5-3-4-6-10/h9-11,13,15H,3-8H2,1-2H3,(H,14,16)/t11-/m1/s1. The zero-order valence-corrected chi connectivity index (χ0v) is 10.3. The molecule has 1 saturated carbocycles. The molecule has 0 radical (unpaired) electrons. The normalized spacial score (nSPS) is 19.0. The van der Waals surface area contributed by atoms with E-state index < -0.39 is 0 Å². The van der Waals surface area contributed by atoms with Crippen LogP contribution in [0.4, 0.5) is 0 Å². The van der Waals surface area contributed by atoms with Gasteiger partial charge in [0.2, 0.25) is 5.91 Å². The highest BCUT2D eigenvalue weighted by atomic mass is 16.3. The van der Waals surface area contributed by atoms with Gasteiger partial charge in [0.05, 0.1) is 19.2 Å². The van der Waals surface area contributed by atoms with Crippen molar-refractivity contribution in [2.75, 3.05) is 13.2 Å². The summed E-state index contributed by atoms with van der Waals surface area (Å²) in [7, 11) is 0. The van der Waals surface area contributed by atoms with Crippen molar-refractivity contribution < 1.29 is 9.90 Å². The molecule has 3 N–H and O–H groups in total. The zero-order chi connectivity index (χ0) is 12.0. The van der Waals surface area contributed by atoms with Gasteiger partial charge >= 0.3 is 0 Å². The molecular formula is C12H24N2O2. The molecule has 1 fully saturated rings. The van der Waals surface area contributed by atoms with Crippen LogP contribution in [0, 0.1) is 5.92 Å². The summed E-state index contributed by atoms with van der Waals surface area (Å²) in [6.07, 6.45) is 4.90. The first-order chi connectivity index (χ1) is 7.63. The Bertz CT molecular complexity index is 213. The maximum absolute atomic E-state index is 11.6. The Morgan fingerprint density at radius 2 is 2.00 bits per heavy atom. The smallest absolute Gasteiger partial charge is 0.234 e. The van der Waals surface area contributed by atoms with Gasteiger partial charge < -0.3 is 15.7 Å². The molecule has 0 unspecified atom stereocenters. The first-order valence-corrected chi connectivity index (χ1v) is 6.27. The number of hydrogen-bond acceptors (Lipinski definition) is 3. The van der Waals surface area contributed by atoms with Crippen LogP contribution in [-0.2, 0) is 4.79 Å². The molecule has 1 aliphatic rings. The molecule has 0 aromatic rings. The van der Waals surface area contributed by atoms with E-state index in [1.54, 1.807) is 0 Å². The molecule has 4 heteroatoms. The van der Waals surface area contributed by atoms with Crippen LogP contribution in [0.3, 0.4) is 0 Å². The monoisotopic (exact) mass is 228 g/mol. The van der Waals surface area contributed by atoms with Crippen molar-refractivity contribution in [3.05, 3.63) is 0 Å². The molecule has 16 heavy (non-hydrogen) atoms. The van der Waals surface area contributed by atoms with E-state index in [0.29, 0.717) is 12.6 Å². The molecule has 0 aliphatic heterocycles. The number of aliphatic hydroxyl groups excluding tert-OH is 1. The lowest BCUT2D eigenvalue weighted by Crippen LogP contribution is -2.46. The summed E-state index contributed by atoms with van der Waals surface area (Å²) in [5, 5.41) is 15.2. The molecule has 1 atom stereocenters. The molecule has 1 aliphatic carbocycles. The highest BCUT2D eigenvalue weighted by Gasteiger charge is 2.17. The Morgan fingerprint density at radius 3 is 2.50 bits per heavy atom. The van der Waals surface area contributed by atoms with Crippen molar-refractivity contribution in [3.8, 4) is 0 Å². The maximum Gasteiger partial charge on any atom is 0.234 e. The summed E-state index contributed by atoms with van der Waals surface area (Å²) in [5.41, 5.74) is 0. The van der Waals surface area contributed by atoms with Crippen LogP contribution in [-0.4, -0.2) is 36.2 Å². The minimum Gasteiger partial charge on any atom is -0.394 e. The van der Waals surface area contributed by atoms with Crippen LogP contribution in [0.2, 0.25) is 0 Å². The van der Waals surface area contributed by atoms with Gasteiger partial charge in [-0.2, -0.15) is 0 Å². The van der Waals surface area contributed by atoms with Gasteiger partial charge in [0.15, 0.2) is 0 Å². The van der Waals surface area contributed by atoms with E-state index in [-0.39, 0.29) is 24.5 Å². The highest BCUT2D eigenvalue weighted by Crippen LogP contribution is 2.17. The molecule has 0 aromatic carbocycles. The van der Waals surface area contributed by atoms with Gasteiger partial charge in [-0.25, -0.2) is 0 Å². The summed E-state index contributed by atoms with van der Waals surface area (Å²) in [6.45, 7) is 4.36. The second kappa shape index (κ2) is 6.86. The second-order valence-corrected chi connectivity index (χ2v) is 4.96. The number of carbonyl (C=O) groups is 1. The van der Waals surface area contributed by atoms with Crippen LogP contribution in [0.15, 0.2) is 0 Å². The van der Waals surface area contributed by atoms with Gasteiger partial charge in [0.25, 0.3) is 0 Å². The lowest BCUT2D eigenvalue weighted by Gasteiger charge is -2.20. The van der Waals surface area contributed by atoms with Crippen LogP contribution in [0.5, 0.6) is 0 Å². The molecule has 0 heterocycles. The molecule has 0 bridgehead atoms. The van der Waals surface area contributed by atoms with Gasteiger partial charge in [-0.15, -0.1) is 0 Å². The van der Waals surface area contributed by atoms with E-state index in [1.807, 2.05) is 13.8 Å². The third kappa shape index (κ3) is 4.49. The van der Waals surface area contributed by atoms with E-state index in [4.69, 9.17) is 5.11 Å². The lowest BCUT2D eigenvalue weighted by atomic mass is 10.1. The Labute approximate surface area is 97.8 Å². The van der Waals surface area contributed by atoms with E-state index in [9.17, 15) is 4.79 Å².